The van der Waals surface area contributed by atoms with Crippen molar-refractivity contribution in [1.82, 2.24) is 25.4 Å². The third-order valence-corrected chi connectivity index (χ3v) is 3.96. The molecule has 2 aromatic heterocycles. The smallest absolute Gasteiger partial charge is 0.315 e. The maximum Gasteiger partial charge on any atom is 0.315 e. The molecule has 0 spiro atoms. The Bertz CT molecular complexity index is 855. The zero-order valence-corrected chi connectivity index (χ0v) is 14.5. The first-order chi connectivity index (χ1) is 12.1. The number of nitrogens with zero attached hydrogens (tertiary/aromatic N) is 3. The molecule has 2 amide bonds. The topological polar surface area (TPSA) is 71.8 Å². The van der Waals surface area contributed by atoms with E-state index in [9.17, 15) is 4.79 Å². The van der Waals surface area contributed by atoms with Crippen molar-refractivity contribution in [2.75, 3.05) is 7.05 Å². The summed E-state index contributed by atoms with van der Waals surface area (Å²) >= 11 is 0. The SMILES string of the molecule is CNC(=O)NC(C)c1cc(-c2ccccc2)n(-c2ccc(C)nc2)n1. The molecule has 1 atom stereocenters. The first-order valence-electron chi connectivity index (χ1n) is 8.15. The highest BCUT2D eigenvalue weighted by atomic mass is 16.2. The summed E-state index contributed by atoms with van der Waals surface area (Å²) in [5.41, 5.74) is 4.61. The van der Waals surface area contributed by atoms with Crippen molar-refractivity contribution in [3.05, 3.63) is 66.1 Å². The molecule has 2 N–H and O–H groups in total. The van der Waals surface area contributed by atoms with Gasteiger partial charge in [-0.15, -0.1) is 0 Å². The van der Waals surface area contributed by atoms with Crippen molar-refractivity contribution < 1.29 is 4.79 Å². The number of amides is 2. The summed E-state index contributed by atoms with van der Waals surface area (Å²) in [7, 11) is 1.59. The molecule has 3 rings (SSSR count). The lowest BCUT2D eigenvalue weighted by Gasteiger charge is -2.10. The molecule has 1 aromatic carbocycles. The second kappa shape index (κ2) is 7.17. The lowest BCUT2D eigenvalue weighted by Crippen LogP contribution is -2.34. The zero-order valence-electron chi connectivity index (χ0n) is 14.5. The predicted molar refractivity (Wildman–Crippen MR) is 97.5 cm³/mol. The largest absolute Gasteiger partial charge is 0.341 e. The van der Waals surface area contributed by atoms with Crippen LogP contribution in [0.2, 0.25) is 0 Å². The van der Waals surface area contributed by atoms with Crippen LogP contribution in [0.15, 0.2) is 54.7 Å². The van der Waals surface area contributed by atoms with Gasteiger partial charge in [0.25, 0.3) is 0 Å². The van der Waals surface area contributed by atoms with Gasteiger partial charge in [0.1, 0.15) is 0 Å². The van der Waals surface area contributed by atoms with E-state index >= 15 is 0 Å². The average molecular weight is 335 g/mol. The van der Waals surface area contributed by atoms with E-state index in [0.29, 0.717) is 0 Å². The molecule has 1 unspecified atom stereocenters. The highest BCUT2D eigenvalue weighted by Gasteiger charge is 2.17. The first kappa shape index (κ1) is 16.7. The van der Waals surface area contributed by atoms with Gasteiger partial charge in [-0.2, -0.15) is 5.10 Å². The Balaban J connectivity index is 2.05. The molecule has 6 nitrogen and oxygen atoms in total. The molecule has 0 aliphatic heterocycles. The maximum absolute atomic E-state index is 11.6. The number of aryl methyl sites for hydroxylation is 1. The summed E-state index contributed by atoms with van der Waals surface area (Å²) in [5.74, 6) is 0. The minimum Gasteiger partial charge on any atom is -0.341 e. The molecule has 0 aliphatic carbocycles. The molecule has 25 heavy (non-hydrogen) atoms. The highest BCUT2D eigenvalue weighted by Crippen LogP contribution is 2.26. The molecule has 3 aromatic rings. The van der Waals surface area contributed by atoms with Gasteiger partial charge in [0.05, 0.1) is 29.3 Å². The van der Waals surface area contributed by atoms with Crippen molar-refractivity contribution in [1.29, 1.82) is 0 Å². The van der Waals surface area contributed by atoms with Crippen molar-refractivity contribution >= 4 is 6.03 Å². The van der Waals surface area contributed by atoms with Crippen LogP contribution in [-0.4, -0.2) is 27.8 Å². The zero-order chi connectivity index (χ0) is 17.8. The molecule has 0 saturated heterocycles. The molecule has 128 valence electrons. The quantitative estimate of drug-likeness (QED) is 0.769. The molecule has 6 heteroatoms. The van der Waals surface area contributed by atoms with Crippen molar-refractivity contribution in [3.63, 3.8) is 0 Å². The number of hydrogen-bond acceptors (Lipinski definition) is 3. The van der Waals surface area contributed by atoms with Gasteiger partial charge in [0.2, 0.25) is 0 Å². The Kier molecular flexibility index (Phi) is 4.79. The second-order valence-corrected chi connectivity index (χ2v) is 5.84. The van der Waals surface area contributed by atoms with Gasteiger partial charge in [-0.05, 0) is 32.0 Å². The Hall–Kier alpha value is -3.15. The monoisotopic (exact) mass is 335 g/mol. The summed E-state index contributed by atoms with van der Waals surface area (Å²) in [4.78, 5) is 16.0. The second-order valence-electron chi connectivity index (χ2n) is 5.84. The number of pyridine rings is 1. The number of rotatable bonds is 4. The van der Waals surface area contributed by atoms with Gasteiger partial charge < -0.3 is 10.6 Å². The number of nitrogens with one attached hydrogen (secondary N) is 2. The van der Waals surface area contributed by atoms with Gasteiger partial charge in [-0.1, -0.05) is 30.3 Å². The van der Waals surface area contributed by atoms with Crippen molar-refractivity contribution in [3.8, 4) is 16.9 Å². The highest BCUT2D eigenvalue weighted by molar-refractivity contribution is 5.74. The first-order valence-corrected chi connectivity index (χ1v) is 8.15. The summed E-state index contributed by atoms with van der Waals surface area (Å²) in [6, 6.07) is 15.5. The van der Waals surface area contributed by atoms with Gasteiger partial charge in [-0.3, -0.25) is 4.98 Å². The van der Waals surface area contributed by atoms with E-state index in [-0.39, 0.29) is 12.1 Å². The van der Waals surface area contributed by atoms with Crippen LogP contribution < -0.4 is 10.6 Å². The Morgan fingerprint density at radius 3 is 2.56 bits per heavy atom. The van der Waals surface area contributed by atoms with Gasteiger partial charge in [0.15, 0.2) is 0 Å². The summed E-state index contributed by atoms with van der Waals surface area (Å²) in [6.07, 6.45) is 1.80. The molecule has 0 bridgehead atoms. The number of benzene rings is 1. The van der Waals surface area contributed by atoms with Crippen LogP contribution in [0.1, 0.15) is 24.4 Å². The van der Waals surface area contributed by atoms with Crippen LogP contribution >= 0.6 is 0 Å². The van der Waals surface area contributed by atoms with E-state index in [0.717, 1.165) is 28.3 Å². The maximum atomic E-state index is 11.6. The van der Waals surface area contributed by atoms with E-state index < -0.39 is 0 Å². The predicted octanol–water partition coefficient (Wildman–Crippen LogP) is 3.23. The van der Waals surface area contributed by atoms with E-state index in [4.69, 9.17) is 5.10 Å². The van der Waals surface area contributed by atoms with E-state index in [2.05, 4.69) is 15.6 Å². The van der Waals surface area contributed by atoms with Crippen LogP contribution in [0.5, 0.6) is 0 Å². The molecule has 0 fully saturated rings. The van der Waals surface area contributed by atoms with E-state index in [1.54, 1.807) is 13.2 Å². The van der Waals surface area contributed by atoms with Crippen molar-refractivity contribution in [2.24, 2.45) is 0 Å². The molecule has 0 aliphatic rings. The molecule has 0 saturated carbocycles. The Morgan fingerprint density at radius 1 is 1.16 bits per heavy atom. The number of carbonyl (C=O) groups is 1. The van der Waals surface area contributed by atoms with Crippen LogP contribution in [-0.2, 0) is 0 Å². The minimum atomic E-state index is -0.236. The molecule has 2 heterocycles. The fraction of sp³-hybridized carbons (Fsp3) is 0.211. The van der Waals surface area contributed by atoms with Crippen molar-refractivity contribution in [2.45, 2.75) is 19.9 Å². The van der Waals surface area contributed by atoms with E-state index in [1.807, 2.05) is 67.1 Å². The number of urea groups is 1. The number of hydrogen-bond donors (Lipinski definition) is 2. The van der Waals surface area contributed by atoms with Gasteiger partial charge in [-0.25, -0.2) is 9.48 Å². The summed E-state index contributed by atoms with van der Waals surface area (Å²) in [6.45, 7) is 3.86. The van der Waals surface area contributed by atoms with Crippen LogP contribution in [0, 0.1) is 6.92 Å². The standard InChI is InChI=1S/C19H21N5O/c1-13-9-10-16(12-21-13)24-18(15-7-5-4-6-8-15)11-17(23-24)14(2)22-19(25)20-3/h4-12,14H,1-3H3,(H2,20,22,25). The molecular weight excluding hydrogens is 314 g/mol. The van der Waals surface area contributed by atoms with Gasteiger partial charge in [0, 0.05) is 18.3 Å². The van der Waals surface area contributed by atoms with Crippen LogP contribution in [0.25, 0.3) is 16.9 Å². The fourth-order valence-corrected chi connectivity index (χ4v) is 2.55. The third-order valence-electron chi connectivity index (χ3n) is 3.96. The fourth-order valence-electron chi connectivity index (χ4n) is 2.55. The minimum absolute atomic E-state index is 0.220. The lowest BCUT2D eigenvalue weighted by atomic mass is 10.1. The number of carbonyl (C=O) groups excluding carboxylic acids is 1. The lowest BCUT2D eigenvalue weighted by molar-refractivity contribution is 0.239. The van der Waals surface area contributed by atoms with Gasteiger partial charge >= 0.3 is 6.03 Å². The number of aromatic nitrogens is 3. The Labute approximate surface area is 146 Å². The van der Waals surface area contributed by atoms with Crippen LogP contribution in [0.4, 0.5) is 4.79 Å². The summed E-state index contributed by atoms with van der Waals surface area (Å²) in [5, 5.41) is 10.1. The van der Waals surface area contributed by atoms with Crippen LogP contribution in [0.3, 0.4) is 0 Å². The van der Waals surface area contributed by atoms with E-state index in [1.165, 1.54) is 0 Å². The molecular formula is C19H21N5O. The average Bonchev–Trinajstić information content (AvgIpc) is 3.08. The third kappa shape index (κ3) is 3.68. The molecule has 0 radical (unpaired) electrons. The normalized spacial score (nSPS) is 11.8. The summed E-state index contributed by atoms with van der Waals surface area (Å²) < 4.78 is 1.86. The Morgan fingerprint density at radius 2 is 1.92 bits per heavy atom.